The van der Waals surface area contributed by atoms with Gasteiger partial charge >= 0.3 is 0 Å². The summed E-state index contributed by atoms with van der Waals surface area (Å²) < 4.78 is 5.17. The molecule has 0 aromatic carbocycles. The Morgan fingerprint density at radius 2 is 2.12 bits per heavy atom. The van der Waals surface area contributed by atoms with Gasteiger partial charge in [-0.1, -0.05) is 20.8 Å². The molecule has 0 radical (unpaired) electrons. The van der Waals surface area contributed by atoms with Gasteiger partial charge in [0.25, 0.3) is 0 Å². The summed E-state index contributed by atoms with van der Waals surface area (Å²) in [4.78, 5) is 11.8. The molecule has 2 aliphatic rings. The minimum Gasteiger partial charge on any atom is -0.372 e. The van der Waals surface area contributed by atoms with E-state index in [2.05, 4.69) is 26.1 Å². The fraction of sp³-hybridized carbons (Fsp3) is 0.929. The van der Waals surface area contributed by atoms with Gasteiger partial charge in [-0.25, -0.2) is 0 Å². The highest BCUT2D eigenvalue weighted by molar-refractivity contribution is 5.77. The molecule has 3 atom stereocenters. The molecule has 3 heteroatoms. The van der Waals surface area contributed by atoms with Crippen LogP contribution in [-0.2, 0) is 9.53 Å². The second-order valence-corrected chi connectivity index (χ2v) is 6.55. The molecule has 0 spiro atoms. The Morgan fingerprint density at radius 3 is 2.65 bits per heavy atom. The molecule has 0 aliphatic heterocycles. The molecule has 0 aromatic rings. The summed E-state index contributed by atoms with van der Waals surface area (Å²) in [7, 11) is 0. The van der Waals surface area contributed by atoms with Crippen LogP contribution in [0.2, 0.25) is 0 Å². The number of amides is 1. The second kappa shape index (κ2) is 4.27. The van der Waals surface area contributed by atoms with E-state index in [1.54, 1.807) is 0 Å². The highest BCUT2D eigenvalue weighted by atomic mass is 16.5. The third-order valence-corrected chi connectivity index (χ3v) is 5.01. The normalized spacial score (nSPS) is 38.4. The average Bonchev–Trinajstić information content (AvgIpc) is 2.73. The van der Waals surface area contributed by atoms with Gasteiger partial charge in [-0.2, -0.15) is 0 Å². The first-order chi connectivity index (χ1) is 7.90. The van der Waals surface area contributed by atoms with E-state index < -0.39 is 0 Å². The fourth-order valence-electron chi connectivity index (χ4n) is 4.06. The molecule has 2 rings (SSSR count). The van der Waals surface area contributed by atoms with Gasteiger partial charge < -0.3 is 10.1 Å². The molecular weight excluding hydrogens is 214 g/mol. The molecule has 1 N–H and O–H groups in total. The van der Waals surface area contributed by atoms with E-state index in [4.69, 9.17) is 4.74 Å². The molecule has 0 heterocycles. The Bertz CT molecular complexity index is 309. The summed E-state index contributed by atoms with van der Waals surface area (Å²) in [6.07, 6.45) is 3.83. The molecule has 0 aromatic heterocycles. The number of carbonyl (C=O) groups excluding carboxylic acids is 1. The lowest BCUT2D eigenvalue weighted by Gasteiger charge is -2.43. The number of hydrogen-bond donors (Lipinski definition) is 1. The van der Waals surface area contributed by atoms with E-state index >= 15 is 0 Å². The maximum absolute atomic E-state index is 11.8. The van der Waals surface area contributed by atoms with Crippen molar-refractivity contribution in [3.05, 3.63) is 0 Å². The fourth-order valence-corrected chi connectivity index (χ4v) is 4.06. The Labute approximate surface area is 104 Å². The van der Waals surface area contributed by atoms with Gasteiger partial charge in [0.15, 0.2) is 0 Å². The van der Waals surface area contributed by atoms with Crippen molar-refractivity contribution in [2.75, 3.05) is 13.2 Å². The van der Waals surface area contributed by atoms with Crippen LogP contribution in [0.15, 0.2) is 0 Å². The van der Waals surface area contributed by atoms with E-state index in [9.17, 15) is 4.79 Å². The molecule has 2 saturated carbocycles. The van der Waals surface area contributed by atoms with Crippen molar-refractivity contribution in [1.29, 1.82) is 0 Å². The maximum atomic E-state index is 11.8. The van der Waals surface area contributed by atoms with E-state index in [1.165, 1.54) is 19.3 Å². The maximum Gasteiger partial charge on any atom is 0.246 e. The first kappa shape index (κ1) is 12.9. The van der Waals surface area contributed by atoms with Crippen LogP contribution < -0.4 is 5.32 Å². The molecule has 2 fully saturated rings. The summed E-state index contributed by atoms with van der Waals surface area (Å²) in [5.74, 6) is 0.809. The Balaban J connectivity index is 2.02. The van der Waals surface area contributed by atoms with E-state index in [0.717, 1.165) is 5.92 Å². The predicted molar refractivity (Wildman–Crippen MR) is 67.7 cm³/mol. The standard InChI is InChI=1S/C14H25NO2/c1-5-17-9-11(16)15-12-13(2,3)10-6-7-14(12,4)8-10/h10,12H,5-9H2,1-4H3,(H,15,16). The van der Waals surface area contributed by atoms with E-state index in [-0.39, 0.29) is 17.9 Å². The highest BCUT2D eigenvalue weighted by Gasteiger charge is 2.59. The molecule has 2 aliphatic carbocycles. The van der Waals surface area contributed by atoms with E-state index in [1.807, 2.05) is 6.92 Å². The quantitative estimate of drug-likeness (QED) is 0.818. The Hall–Kier alpha value is -0.570. The molecule has 98 valence electrons. The Morgan fingerprint density at radius 1 is 1.41 bits per heavy atom. The van der Waals surface area contributed by atoms with Gasteiger partial charge in [-0.05, 0) is 42.9 Å². The third-order valence-electron chi connectivity index (χ3n) is 5.01. The monoisotopic (exact) mass is 239 g/mol. The van der Waals surface area contributed by atoms with Gasteiger partial charge in [0, 0.05) is 12.6 Å². The number of carbonyl (C=O) groups is 1. The van der Waals surface area contributed by atoms with Gasteiger partial charge in [0.2, 0.25) is 5.91 Å². The van der Waals surface area contributed by atoms with Crippen molar-refractivity contribution >= 4 is 5.91 Å². The van der Waals surface area contributed by atoms with Crippen LogP contribution in [-0.4, -0.2) is 25.2 Å². The summed E-state index contributed by atoms with van der Waals surface area (Å²) in [5.41, 5.74) is 0.533. The van der Waals surface area contributed by atoms with Crippen LogP contribution in [0.3, 0.4) is 0 Å². The second-order valence-electron chi connectivity index (χ2n) is 6.55. The van der Waals surface area contributed by atoms with Gasteiger partial charge in [-0.15, -0.1) is 0 Å². The lowest BCUT2D eigenvalue weighted by Crippen LogP contribution is -2.53. The zero-order valence-corrected chi connectivity index (χ0v) is 11.5. The van der Waals surface area contributed by atoms with Crippen LogP contribution in [0, 0.1) is 16.7 Å². The van der Waals surface area contributed by atoms with Crippen LogP contribution in [0.4, 0.5) is 0 Å². The van der Waals surface area contributed by atoms with Gasteiger partial charge in [-0.3, -0.25) is 4.79 Å². The lowest BCUT2D eigenvalue weighted by atomic mass is 9.68. The molecule has 2 bridgehead atoms. The lowest BCUT2D eigenvalue weighted by molar-refractivity contribution is -0.128. The first-order valence-corrected chi connectivity index (χ1v) is 6.77. The molecule has 3 nitrogen and oxygen atoms in total. The summed E-state index contributed by atoms with van der Waals surface area (Å²) in [6, 6.07) is 0.307. The zero-order chi connectivity index (χ0) is 12.7. The highest BCUT2D eigenvalue weighted by Crippen LogP contribution is 2.62. The molecular formula is C14H25NO2. The van der Waals surface area contributed by atoms with Crippen molar-refractivity contribution < 1.29 is 9.53 Å². The van der Waals surface area contributed by atoms with Crippen molar-refractivity contribution in [2.24, 2.45) is 16.7 Å². The van der Waals surface area contributed by atoms with Gasteiger partial charge in [0.1, 0.15) is 6.61 Å². The number of rotatable bonds is 4. The molecule has 0 saturated heterocycles. The van der Waals surface area contributed by atoms with Crippen LogP contribution in [0.5, 0.6) is 0 Å². The number of ether oxygens (including phenoxy) is 1. The van der Waals surface area contributed by atoms with Crippen molar-refractivity contribution in [3.63, 3.8) is 0 Å². The molecule has 17 heavy (non-hydrogen) atoms. The smallest absolute Gasteiger partial charge is 0.246 e. The Kier molecular flexibility index (Phi) is 3.23. The first-order valence-electron chi connectivity index (χ1n) is 6.77. The van der Waals surface area contributed by atoms with Crippen LogP contribution in [0.25, 0.3) is 0 Å². The van der Waals surface area contributed by atoms with E-state index in [0.29, 0.717) is 18.1 Å². The summed E-state index contributed by atoms with van der Waals surface area (Å²) >= 11 is 0. The van der Waals surface area contributed by atoms with Gasteiger partial charge in [0.05, 0.1) is 0 Å². The van der Waals surface area contributed by atoms with Crippen LogP contribution in [0.1, 0.15) is 47.0 Å². The minimum atomic E-state index is 0.0405. The van der Waals surface area contributed by atoms with Crippen LogP contribution >= 0.6 is 0 Å². The number of hydrogen-bond acceptors (Lipinski definition) is 2. The van der Waals surface area contributed by atoms with Crippen molar-refractivity contribution in [3.8, 4) is 0 Å². The minimum absolute atomic E-state index is 0.0405. The SMILES string of the molecule is CCOCC(=O)NC1C2(C)CCC(C2)C1(C)C. The number of nitrogens with one attached hydrogen (secondary N) is 1. The summed E-state index contributed by atoms with van der Waals surface area (Å²) in [5, 5.41) is 3.21. The van der Waals surface area contributed by atoms with Crippen molar-refractivity contribution in [2.45, 2.75) is 53.0 Å². The largest absolute Gasteiger partial charge is 0.372 e. The summed E-state index contributed by atoms with van der Waals surface area (Å²) in [6.45, 7) is 9.63. The topological polar surface area (TPSA) is 38.3 Å². The number of fused-ring (bicyclic) bond motifs is 2. The molecule has 1 amide bonds. The van der Waals surface area contributed by atoms with Crippen molar-refractivity contribution in [1.82, 2.24) is 5.32 Å². The predicted octanol–water partition coefficient (Wildman–Crippen LogP) is 2.35. The molecule has 3 unspecified atom stereocenters. The third kappa shape index (κ3) is 2.10. The zero-order valence-electron chi connectivity index (χ0n) is 11.5. The average molecular weight is 239 g/mol.